The second kappa shape index (κ2) is 12.8. The molecule has 2 unspecified atom stereocenters. The van der Waals surface area contributed by atoms with E-state index in [0.717, 1.165) is 44.5 Å². The molecule has 9 heteroatoms. The first-order chi connectivity index (χ1) is 21.9. The molecule has 3 heterocycles. The van der Waals surface area contributed by atoms with E-state index in [4.69, 9.17) is 0 Å². The normalized spacial score (nSPS) is 34.9. The molecule has 0 spiro atoms. The first-order valence-electron chi connectivity index (χ1n) is 17.7. The van der Waals surface area contributed by atoms with Crippen molar-refractivity contribution >= 4 is 38.5 Å². The minimum absolute atomic E-state index is 0.0268. The number of carbonyl (C=O) groups excluding carboxylic acids is 1. The fraction of sp³-hybridized carbons (Fsp3) is 0.711. The van der Waals surface area contributed by atoms with Crippen LogP contribution in [-0.2, 0) is 27.9 Å². The van der Waals surface area contributed by atoms with Crippen molar-refractivity contribution in [3.8, 4) is 0 Å². The van der Waals surface area contributed by atoms with Crippen molar-refractivity contribution in [3.63, 3.8) is 0 Å². The zero-order valence-electron chi connectivity index (χ0n) is 29.9. The standard InChI is InChI=1S/C38H57IN4O3S/c1-25-31-17-30(37(31,5)6)19-33(25)40-35(44)34-14-15-47(45,46)43(34)21-27-11-9-10-26(16-27)20-42-22-28-12-13-29(18-32(28)39)38(42,24-41(7)8)23-36(2,3)4/h9-12,16,18,25,29-31,33-34H,13-15,17,19-24H2,1-8H3,(H,40,44)/t25-,29?,30+,31-,33-,34?,38+/m0/s1. The quantitative estimate of drug-likeness (QED) is 0.287. The maximum atomic E-state index is 13.7. The Morgan fingerprint density at radius 3 is 2.45 bits per heavy atom. The molecule has 47 heavy (non-hydrogen) atoms. The van der Waals surface area contributed by atoms with Gasteiger partial charge in [0.25, 0.3) is 0 Å². The number of allylic oxidation sites excluding steroid dienone is 1. The lowest BCUT2D eigenvalue weighted by Crippen LogP contribution is -2.61. The Bertz CT molecular complexity index is 1550. The summed E-state index contributed by atoms with van der Waals surface area (Å²) in [4.78, 5) is 18.8. The Balaban J connectivity index is 1.22. The van der Waals surface area contributed by atoms with Crippen LogP contribution in [0.5, 0.6) is 0 Å². The molecule has 0 aromatic heterocycles. The van der Waals surface area contributed by atoms with Crippen LogP contribution in [0.25, 0.3) is 0 Å². The molecule has 3 saturated carbocycles. The summed E-state index contributed by atoms with van der Waals surface area (Å²) in [6.45, 7) is 16.9. The van der Waals surface area contributed by atoms with Crippen LogP contribution in [0.1, 0.15) is 84.8 Å². The third kappa shape index (κ3) is 6.91. The number of amides is 1. The average Bonchev–Trinajstić information content (AvgIpc) is 3.13. The van der Waals surface area contributed by atoms with Gasteiger partial charge < -0.3 is 10.2 Å². The third-order valence-electron chi connectivity index (χ3n) is 12.4. The lowest BCUT2D eigenvalue weighted by Gasteiger charge is -2.62. The minimum atomic E-state index is -3.52. The molecule has 8 rings (SSSR count). The molecule has 7 aliphatic rings. The number of fused-ring (bicyclic) bond motifs is 5. The summed E-state index contributed by atoms with van der Waals surface area (Å²) >= 11 is 2.53. The zero-order valence-corrected chi connectivity index (χ0v) is 32.8. The van der Waals surface area contributed by atoms with E-state index in [1.807, 2.05) is 6.07 Å². The summed E-state index contributed by atoms with van der Waals surface area (Å²) in [7, 11) is 0.853. The number of halogens is 1. The van der Waals surface area contributed by atoms with Crippen molar-refractivity contribution < 1.29 is 13.2 Å². The van der Waals surface area contributed by atoms with Gasteiger partial charge in [0.15, 0.2) is 0 Å². The van der Waals surface area contributed by atoms with Gasteiger partial charge in [-0.3, -0.25) is 9.69 Å². The Morgan fingerprint density at radius 1 is 1.13 bits per heavy atom. The Morgan fingerprint density at radius 2 is 1.83 bits per heavy atom. The molecule has 4 fully saturated rings. The van der Waals surface area contributed by atoms with Crippen LogP contribution in [0.4, 0.5) is 0 Å². The molecule has 3 aliphatic heterocycles. The van der Waals surface area contributed by atoms with E-state index in [2.05, 4.69) is 124 Å². The maximum Gasteiger partial charge on any atom is 0.238 e. The summed E-state index contributed by atoms with van der Waals surface area (Å²) < 4.78 is 29.6. The summed E-state index contributed by atoms with van der Waals surface area (Å²) in [5.74, 6) is 1.98. The van der Waals surface area contributed by atoms with Crippen LogP contribution >= 0.6 is 22.6 Å². The number of hydrogen-bond acceptors (Lipinski definition) is 5. The highest BCUT2D eigenvalue weighted by atomic mass is 127. The number of hydrogen-bond donors (Lipinski definition) is 1. The summed E-state index contributed by atoms with van der Waals surface area (Å²) in [6.07, 6.45) is 9.70. The monoisotopic (exact) mass is 776 g/mol. The molecular weight excluding hydrogens is 719 g/mol. The fourth-order valence-corrected chi connectivity index (χ4v) is 12.6. The van der Waals surface area contributed by atoms with Gasteiger partial charge in [0.05, 0.1) is 5.75 Å². The predicted octanol–water partition coefficient (Wildman–Crippen LogP) is 6.60. The number of nitrogens with zero attached hydrogens (tertiary/aromatic N) is 3. The van der Waals surface area contributed by atoms with Crippen LogP contribution in [0, 0.1) is 34.5 Å². The first kappa shape index (κ1) is 35.6. The molecular formula is C38H57IN4O3S. The number of likely N-dealkylation sites (N-methyl/N-ethyl adjacent to an activating group) is 1. The lowest BCUT2D eigenvalue weighted by molar-refractivity contribution is -0.136. The number of sulfonamides is 1. The van der Waals surface area contributed by atoms with Crippen molar-refractivity contribution in [2.24, 2.45) is 34.5 Å². The highest BCUT2D eigenvalue weighted by molar-refractivity contribution is 14.1. The van der Waals surface area contributed by atoms with Crippen molar-refractivity contribution in [2.75, 3.05) is 32.9 Å². The van der Waals surface area contributed by atoms with Gasteiger partial charge in [0.2, 0.25) is 15.9 Å². The molecule has 1 N–H and O–H groups in total. The Labute approximate surface area is 298 Å². The van der Waals surface area contributed by atoms with Gasteiger partial charge in [0, 0.05) is 47.3 Å². The van der Waals surface area contributed by atoms with Gasteiger partial charge in [-0.2, -0.15) is 4.31 Å². The minimum Gasteiger partial charge on any atom is -0.352 e. The summed E-state index contributed by atoms with van der Waals surface area (Å²) in [5.41, 5.74) is 3.99. The number of benzene rings is 1. The average molecular weight is 777 g/mol. The largest absolute Gasteiger partial charge is 0.352 e. The summed E-state index contributed by atoms with van der Waals surface area (Å²) in [5, 5.41) is 3.33. The highest BCUT2D eigenvalue weighted by Crippen LogP contribution is 2.61. The molecule has 260 valence electrons. The van der Waals surface area contributed by atoms with E-state index >= 15 is 0 Å². The molecule has 1 saturated heterocycles. The third-order valence-corrected chi connectivity index (χ3v) is 15.3. The van der Waals surface area contributed by atoms with E-state index < -0.39 is 16.1 Å². The van der Waals surface area contributed by atoms with Crippen LogP contribution in [0.2, 0.25) is 0 Å². The van der Waals surface area contributed by atoms with E-state index in [1.54, 1.807) is 0 Å². The van der Waals surface area contributed by atoms with Crippen molar-refractivity contribution in [1.29, 1.82) is 0 Å². The highest BCUT2D eigenvalue weighted by Gasteiger charge is 2.57. The molecule has 1 amide bonds. The maximum absolute atomic E-state index is 13.7. The Hall–Kier alpha value is -1.27. The molecule has 4 bridgehead atoms. The van der Waals surface area contributed by atoms with Gasteiger partial charge >= 0.3 is 0 Å². The van der Waals surface area contributed by atoms with Crippen molar-refractivity contribution in [2.45, 2.75) is 104 Å². The molecule has 4 aliphatic carbocycles. The van der Waals surface area contributed by atoms with Crippen LogP contribution in [-0.4, -0.2) is 79.0 Å². The van der Waals surface area contributed by atoms with Crippen LogP contribution < -0.4 is 5.32 Å². The van der Waals surface area contributed by atoms with Gasteiger partial charge in [-0.1, -0.05) is 78.0 Å². The van der Waals surface area contributed by atoms with E-state index in [1.165, 1.54) is 25.4 Å². The topological polar surface area (TPSA) is 73.0 Å². The van der Waals surface area contributed by atoms with Crippen molar-refractivity contribution in [1.82, 2.24) is 19.4 Å². The van der Waals surface area contributed by atoms with Crippen molar-refractivity contribution in [3.05, 3.63) is 56.7 Å². The van der Waals surface area contributed by atoms with Gasteiger partial charge in [0.1, 0.15) is 6.04 Å². The van der Waals surface area contributed by atoms with Crippen LogP contribution in [0.15, 0.2) is 45.6 Å². The molecule has 7 atom stereocenters. The zero-order chi connectivity index (χ0) is 34.1. The Kier molecular flexibility index (Phi) is 9.69. The van der Waals surface area contributed by atoms with Gasteiger partial charge in [-0.25, -0.2) is 8.42 Å². The van der Waals surface area contributed by atoms with Gasteiger partial charge in [-0.15, -0.1) is 0 Å². The second-order valence-electron chi connectivity index (χ2n) is 17.6. The predicted molar refractivity (Wildman–Crippen MR) is 199 cm³/mol. The fourth-order valence-electron chi connectivity index (χ4n) is 10.1. The number of carbonyl (C=O) groups is 1. The number of rotatable bonds is 9. The first-order valence-corrected chi connectivity index (χ1v) is 20.4. The molecule has 1 aromatic rings. The summed E-state index contributed by atoms with van der Waals surface area (Å²) in [6, 6.07) is 7.92. The van der Waals surface area contributed by atoms with E-state index in [9.17, 15) is 13.2 Å². The lowest BCUT2D eigenvalue weighted by atomic mass is 9.45. The molecule has 1 aromatic carbocycles. The second-order valence-corrected chi connectivity index (χ2v) is 20.8. The smallest absolute Gasteiger partial charge is 0.238 e. The number of nitrogens with one attached hydrogen (secondary N) is 1. The molecule has 7 nitrogen and oxygen atoms in total. The van der Waals surface area contributed by atoms with E-state index in [0.29, 0.717) is 35.5 Å². The molecule has 0 radical (unpaired) electrons. The van der Waals surface area contributed by atoms with Gasteiger partial charge in [-0.05, 0) is 114 Å². The SMILES string of the molecule is C[C@@H]1[C@@H](NC(=O)C2CCS(=O)(=O)N2Cc2cccc(CN3CC4=CCC(C=C4I)[C@]3(CN(C)C)CC(C)(C)C)c2)C[C@H]2C[C@@H]1C2(C)C. The van der Waals surface area contributed by atoms with Crippen LogP contribution in [0.3, 0.4) is 0 Å². The van der Waals surface area contributed by atoms with E-state index in [-0.39, 0.29) is 35.2 Å².